The number of hydrogen-bond acceptors (Lipinski definition) is 7. The normalized spacial score (nSPS) is 11.1. The van der Waals surface area contributed by atoms with Crippen molar-refractivity contribution in [3.8, 4) is 11.3 Å². The lowest BCUT2D eigenvalue weighted by Crippen LogP contribution is -2.21. The average molecular weight is 419 g/mol. The van der Waals surface area contributed by atoms with E-state index in [0.717, 1.165) is 5.56 Å². The first-order chi connectivity index (χ1) is 14.9. The van der Waals surface area contributed by atoms with Crippen LogP contribution >= 0.6 is 0 Å². The van der Waals surface area contributed by atoms with Gasteiger partial charge < -0.3 is 14.6 Å². The molecule has 9 heteroatoms. The van der Waals surface area contributed by atoms with Gasteiger partial charge in [0.2, 0.25) is 0 Å². The van der Waals surface area contributed by atoms with Gasteiger partial charge >= 0.3 is 5.97 Å². The molecule has 0 spiro atoms. The Hall–Kier alpha value is -4.01. The Bertz CT molecular complexity index is 1240. The quantitative estimate of drug-likeness (QED) is 0.473. The smallest absolute Gasteiger partial charge is 0.339 e. The molecule has 1 aromatic carbocycles. The number of fused-ring (bicyclic) bond motifs is 1. The van der Waals surface area contributed by atoms with E-state index >= 15 is 0 Å². The van der Waals surface area contributed by atoms with Crippen LogP contribution in [-0.4, -0.2) is 38.4 Å². The molecule has 4 aromatic rings. The second kappa shape index (κ2) is 8.39. The number of carbonyl (C=O) groups is 2. The van der Waals surface area contributed by atoms with E-state index < -0.39 is 18.5 Å². The Morgan fingerprint density at radius 2 is 1.97 bits per heavy atom. The van der Waals surface area contributed by atoms with Gasteiger partial charge in [0.05, 0.1) is 22.8 Å². The number of benzene rings is 1. The number of pyridine rings is 1. The van der Waals surface area contributed by atoms with Gasteiger partial charge in [-0.3, -0.25) is 4.79 Å². The van der Waals surface area contributed by atoms with E-state index in [9.17, 15) is 9.59 Å². The van der Waals surface area contributed by atoms with Crippen LogP contribution in [0.25, 0.3) is 22.3 Å². The number of ether oxygens (including phenoxy) is 1. The summed E-state index contributed by atoms with van der Waals surface area (Å²) in [5.74, 6) is -0.344. The average Bonchev–Trinajstić information content (AvgIpc) is 3.37. The van der Waals surface area contributed by atoms with E-state index in [1.807, 2.05) is 44.2 Å². The number of nitrogens with zero attached hydrogens (tertiary/aromatic N) is 4. The molecular formula is C22H21N5O4. The number of nitrogens with one attached hydrogen (secondary N) is 1. The van der Waals surface area contributed by atoms with Crippen LogP contribution in [0, 0.1) is 6.92 Å². The Morgan fingerprint density at radius 3 is 2.65 bits per heavy atom. The molecule has 3 aromatic heterocycles. The molecule has 0 saturated carbocycles. The zero-order valence-corrected chi connectivity index (χ0v) is 17.3. The van der Waals surface area contributed by atoms with E-state index in [4.69, 9.17) is 14.2 Å². The van der Waals surface area contributed by atoms with Crippen molar-refractivity contribution >= 4 is 28.7 Å². The molecule has 0 aliphatic rings. The molecule has 4 rings (SSSR count). The summed E-state index contributed by atoms with van der Waals surface area (Å²) in [7, 11) is 0. The molecule has 3 heterocycles. The van der Waals surface area contributed by atoms with E-state index in [1.54, 1.807) is 29.9 Å². The largest absolute Gasteiger partial charge is 0.452 e. The molecule has 0 atom stereocenters. The minimum absolute atomic E-state index is 0.0524. The van der Waals surface area contributed by atoms with Crippen molar-refractivity contribution in [1.29, 1.82) is 0 Å². The van der Waals surface area contributed by atoms with Gasteiger partial charge in [0.15, 0.2) is 18.1 Å². The maximum Gasteiger partial charge on any atom is 0.339 e. The van der Waals surface area contributed by atoms with E-state index in [-0.39, 0.29) is 11.9 Å². The minimum Gasteiger partial charge on any atom is -0.452 e. The molecule has 158 valence electrons. The fraction of sp³-hybridized carbons (Fsp3) is 0.227. The maximum absolute atomic E-state index is 12.9. The number of hydrogen-bond donors (Lipinski definition) is 1. The van der Waals surface area contributed by atoms with Crippen molar-refractivity contribution < 1.29 is 18.8 Å². The Balaban J connectivity index is 1.62. The van der Waals surface area contributed by atoms with Crippen LogP contribution in [0.3, 0.4) is 0 Å². The van der Waals surface area contributed by atoms with Crippen LogP contribution in [0.5, 0.6) is 0 Å². The summed E-state index contributed by atoms with van der Waals surface area (Å²) >= 11 is 0. The second-order valence-electron chi connectivity index (χ2n) is 7.29. The van der Waals surface area contributed by atoms with Gasteiger partial charge in [-0.15, -0.1) is 0 Å². The first-order valence-electron chi connectivity index (χ1n) is 9.76. The van der Waals surface area contributed by atoms with Gasteiger partial charge in [0, 0.05) is 17.7 Å². The predicted molar refractivity (Wildman–Crippen MR) is 114 cm³/mol. The molecule has 0 fully saturated rings. The monoisotopic (exact) mass is 419 g/mol. The number of anilines is 1. The first kappa shape index (κ1) is 20.3. The fourth-order valence-corrected chi connectivity index (χ4v) is 3.13. The third-order valence-electron chi connectivity index (χ3n) is 4.58. The van der Waals surface area contributed by atoms with Crippen molar-refractivity contribution in [3.63, 3.8) is 0 Å². The summed E-state index contributed by atoms with van der Waals surface area (Å²) in [6, 6.07) is 12.8. The SMILES string of the molecule is Cc1cc(NC(=O)COC(=O)c2cc(-c3ccccc3)nc3c2cnn3C(C)C)no1. The number of aromatic nitrogens is 4. The van der Waals surface area contributed by atoms with E-state index in [0.29, 0.717) is 28.1 Å². The standard InChI is InChI=1S/C22H21N5O4/c1-13(2)27-21-17(11-23-27)16(10-18(24-21)15-7-5-4-6-8-15)22(29)30-12-20(28)25-19-9-14(3)31-26-19/h4-11,13H,12H2,1-3H3,(H,25,26,28). The van der Waals surface area contributed by atoms with Gasteiger partial charge in [-0.2, -0.15) is 5.10 Å². The van der Waals surface area contributed by atoms with Crippen LogP contribution in [-0.2, 0) is 9.53 Å². The highest BCUT2D eigenvalue weighted by Gasteiger charge is 2.20. The molecule has 0 saturated heterocycles. The summed E-state index contributed by atoms with van der Waals surface area (Å²) in [6.07, 6.45) is 1.59. The minimum atomic E-state index is -0.639. The summed E-state index contributed by atoms with van der Waals surface area (Å²) in [5.41, 5.74) is 2.34. The Morgan fingerprint density at radius 1 is 1.19 bits per heavy atom. The number of aryl methyl sites for hydroxylation is 1. The van der Waals surface area contributed by atoms with Crippen molar-refractivity contribution in [1.82, 2.24) is 19.9 Å². The lowest BCUT2D eigenvalue weighted by Gasteiger charge is -2.10. The van der Waals surface area contributed by atoms with Gasteiger partial charge in [-0.05, 0) is 26.8 Å². The van der Waals surface area contributed by atoms with Gasteiger partial charge in [0.1, 0.15) is 5.76 Å². The summed E-state index contributed by atoms with van der Waals surface area (Å²) in [5, 5.41) is 11.1. The zero-order valence-electron chi connectivity index (χ0n) is 17.3. The van der Waals surface area contributed by atoms with E-state index in [2.05, 4.69) is 15.6 Å². The molecule has 0 bridgehead atoms. The number of rotatable bonds is 6. The lowest BCUT2D eigenvalue weighted by atomic mass is 10.1. The molecule has 1 amide bonds. The van der Waals surface area contributed by atoms with Crippen LogP contribution < -0.4 is 5.32 Å². The molecule has 0 aliphatic heterocycles. The van der Waals surface area contributed by atoms with E-state index in [1.165, 1.54) is 0 Å². The topological polar surface area (TPSA) is 112 Å². The number of esters is 1. The number of carbonyl (C=O) groups excluding carboxylic acids is 2. The number of amides is 1. The highest BCUT2D eigenvalue weighted by molar-refractivity contribution is 6.04. The predicted octanol–water partition coefficient (Wildman–Crippen LogP) is 3.77. The van der Waals surface area contributed by atoms with Crippen molar-refractivity contribution in [2.24, 2.45) is 0 Å². The summed E-state index contributed by atoms with van der Waals surface area (Å²) in [6.45, 7) is 5.21. The van der Waals surface area contributed by atoms with Crippen LogP contribution in [0.15, 0.2) is 53.2 Å². The third kappa shape index (κ3) is 4.30. The summed E-state index contributed by atoms with van der Waals surface area (Å²) < 4.78 is 11.9. The Labute approximate surface area is 178 Å². The molecule has 1 N–H and O–H groups in total. The molecule has 0 unspecified atom stereocenters. The van der Waals surface area contributed by atoms with Gasteiger partial charge in [-0.1, -0.05) is 35.5 Å². The summed E-state index contributed by atoms with van der Waals surface area (Å²) in [4.78, 5) is 29.7. The zero-order chi connectivity index (χ0) is 22.0. The molecule has 31 heavy (non-hydrogen) atoms. The molecular weight excluding hydrogens is 398 g/mol. The van der Waals surface area contributed by atoms with Gasteiger partial charge in [0.25, 0.3) is 5.91 Å². The second-order valence-corrected chi connectivity index (χ2v) is 7.29. The molecule has 0 radical (unpaired) electrons. The van der Waals surface area contributed by atoms with Crippen molar-refractivity contribution in [2.45, 2.75) is 26.8 Å². The molecule has 9 nitrogen and oxygen atoms in total. The van der Waals surface area contributed by atoms with Crippen LogP contribution in [0.1, 0.15) is 36.0 Å². The van der Waals surface area contributed by atoms with Crippen molar-refractivity contribution in [3.05, 3.63) is 60.0 Å². The third-order valence-corrected chi connectivity index (χ3v) is 4.58. The maximum atomic E-state index is 12.9. The molecule has 0 aliphatic carbocycles. The van der Waals surface area contributed by atoms with Crippen molar-refractivity contribution in [2.75, 3.05) is 11.9 Å². The Kier molecular flexibility index (Phi) is 5.48. The first-order valence-corrected chi connectivity index (χ1v) is 9.76. The van der Waals surface area contributed by atoms with Crippen LogP contribution in [0.2, 0.25) is 0 Å². The van der Waals surface area contributed by atoms with Gasteiger partial charge in [-0.25, -0.2) is 14.5 Å². The highest BCUT2D eigenvalue weighted by Crippen LogP contribution is 2.26. The fourth-order valence-electron chi connectivity index (χ4n) is 3.13. The highest BCUT2D eigenvalue weighted by atomic mass is 16.5. The van der Waals surface area contributed by atoms with Crippen LogP contribution in [0.4, 0.5) is 5.82 Å². The lowest BCUT2D eigenvalue weighted by molar-refractivity contribution is -0.119.